The molecule has 4 atom stereocenters. The first kappa shape index (κ1) is 14.4. The minimum absolute atomic E-state index is 0.0171. The van der Waals surface area contributed by atoms with Crippen molar-refractivity contribution in [2.24, 2.45) is 23.7 Å². The van der Waals surface area contributed by atoms with E-state index < -0.39 is 0 Å². The molecule has 2 amide bonds. The second-order valence-electron chi connectivity index (χ2n) is 6.97. The molecule has 1 heterocycles. The predicted octanol–water partition coefficient (Wildman–Crippen LogP) is 4.30. The first-order valence-electron chi connectivity index (χ1n) is 8.40. The number of imide groups is 1. The average Bonchev–Trinajstić information content (AvgIpc) is 2.90. The van der Waals surface area contributed by atoms with Crippen molar-refractivity contribution in [1.82, 2.24) is 0 Å². The second kappa shape index (κ2) is 5.03. The van der Waals surface area contributed by atoms with Crippen LogP contribution in [0.3, 0.4) is 0 Å². The molecule has 2 fully saturated rings. The topological polar surface area (TPSA) is 37.4 Å². The van der Waals surface area contributed by atoms with E-state index in [9.17, 15) is 9.59 Å². The zero-order valence-electron chi connectivity index (χ0n) is 13.0. The van der Waals surface area contributed by atoms with Gasteiger partial charge in [-0.15, -0.1) is 0 Å². The van der Waals surface area contributed by atoms with E-state index in [4.69, 9.17) is 0 Å². The third kappa shape index (κ3) is 1.78. The van der Waals surface area contributed by atoms with Gasteiger partial charge in [0, 0.05) is 9.86 Å². The van der Waals surface area contributed by atoms with Crippen LogP contribution >= 0.6 is 15.9 Å². The van der Waals surface area contributed by atoms with E-state index >= 15 is 0 Å². The Kier molecular flexibility index (Phi) is 3.02. The van der Waals surface area contributed by atoms with Crippen molar-refractivity contribution in [1.29, 1.82) is 0 Å². The number of halogens is 1. The van der Waals surface area contributed by atoms with Gasteiger partial charge in [0.25, 0.3) is 0 Å². The minimum atomic E-state index is -0.163. The van der Waals surface area contributed by atoms with E-state index in [2.05, 4.69) is 28.1 Å². The first-order valence-corrected chi connectivity index (χ1v) is 9.19. The highest BCUT2D eigenvalue weighted by Gasteiger charge is 2.57. The number of hydrogen-bond acceptors (Lipinski definition) is 2. The lowest BCUT2D eigenvalue weighted by Crippen LogP contribution is -2.38. The molecule has 4 unspecified atom stereocenters. The van der Waals surface area contributed by atoms with Gasteiger partial charge < -0.3 is 0 Å². The molecule has 0 spiro atoms. The fourth-order valence-corrected chi connectivity index (χ4v) is 5.23. The number of carbonyl (C=O) groups is 2. The van der Waals surface area contributed by atoms with Crippen molar-refractivity contribution < 1.29 is 9.59 Å². The van der Waals surface area contributed by atoms with Gasteiger partial charge >= 0.3 is 0 Å². The molecule has 3 aliphatic carbocycles. The maximum Gasteiger partial charge on any atom is 0.238 e. The maximum atomic E-state index is 13.1. The zero-order valence-corrected chi connectivity index (χ0v) is 14.6. The molecule has 3 nitrogen and oxygen atoms in total. The van der Waals surface area contributed by atoms with Crippen LogP contribution in [-0.2, 0) is 9.59 Å². The van der Waals surface area contributed by atoms with Crippen molar-refractivity contribution in [2.75, 3.05) is 4.90 Å². The molecule has 1 saturated carbocycles. The average molecular weight is 382 g/mol. The van der Waals surface area contributed by atoms with Gasteiger partial charge in [-0.05, 0) is 42.2 Å². The number of fused-ring (bicyclic) bond motifs is 2. The van der Waals surface area contributed by atoms with Crippen LogP contribution in [-0.4, -0.2) is 11.8 Å². The Balaban J connectivity index is 1.68. The second-order valence-corrected chi connectivity index (χ2v) is 7.82. The van der Waals surface area contributed by atoms with Gasteiger partial charge in [-0.3, -0.25) is 9.59 Å². The Labute approximate surface area is 148 Å². The van der Waals surface area contributed by atoms with Crippen LogP contribution in [0.4, 0.5) is 5.69 Å². The summed E-state index contributed by atoms with van der Waals surface area (Å²) in [5, 5.41) is 1.96. The molecule has 2 aromatic rings. The summed E-state index contributed by atoms with van der Waals surface area (Å²) in [6, 6.07) is 11.7. The summed E-state index contributed by atoms with van der Waals surface area (Å²) in [6.45, 7) is 0. The molecule has 120 valence electrons. The summed E-state index contributed by atoms with van der Waals surface area (Å²) in [6.07, 6.45) is 6.36. The number of anilines is 1. The van der Waals surface area contributed by atoms with Crippen molar-refractivity contribution in [3.8, 4) is 0 Å². The molecule has 0 N–H and O–H groups in total. The summed E-state index contributed by atoms with van der Waals surface area (Å²) in [7, 11) is 0. The largest absolute Gasteiger partial charge is 0.274 e. The van der Waals surface area contributed by atoms with Gasteiger partial charge in [0.05, 0.1) is 17.5 Å². The number of allylic oxidation sites excluding steroid dienone is 2. The number of rotatable bonds is 1. The maximum absolute atomic E-state index is 13.1. The molecule has 1 aliphatic heterocycles. The van der Waals surface area contributed by atoms with Crippen LogP contribution in [0.5, 0.6) is 0 Å². The highest BCUT2D eigenvalue weighted by atomic mass is 79.9. The lowest BCUT2D eigenvalue weighted by molar-refractivity contribution is -0.124. The molecule has 6 rings (SSSR count). The molecule has 1 saturated heterocycles. The quantitative estimate of drug-likeness (QED) is 0.545. The van der Waals surface area contributed by atoms with Gasteiger partial charge in [0.15, 0.2) is 0 Å². The standard InChI is InChI=1S/C20H16BrNO2/c21-15-9-10-16(14-4-2-1-3-13(14)15)22-19(23)17-11-5-6-12(8-7-11)18(17)20(22)24/h1-6,9-12,17-18H,7-8H2. The van der Waals surface area contributed by atoms with Crippen molar-refractivity contribution >= 4 is 44.2 Å². The molecule has 0 aromatic heterocycles. The van der Waals surface area contributed by atoms with Crippen LogP contribution in [0.25, 0.3) is 10.8 Å². The summed E-state index contributed by atoms with van der Waals surface area (Å²) in [4.78, 5) is 27.7. The summed E-state index contributed by atoms with van der Waals surface area (Å²) in [5.74, 6) is 0.0895. The fourth-order valence-electron chi connectivity index (χ4n) is 4.75. The molecule has 0 radical (unpaired) electrons. The number of benzene rings is 2. The van der Waals surface area contributed by atoms with E-state index in [0.717, 1.165) is 33.8 Å². The lowest BCUT2D eigenvalue weighted by atomic mass is 9.63. The van der Waals surface area contributed by atoms with E-state index in [-0.39, 0.29) is 35.5 Å². The molecular formula is C20H16BrNO2. The van der Waals surface area contributed by atoms with Crippen LogP contribution in [0.15, 0.2) is 53.0 Å². The lowest BCUT2D eigenvalue weighted by Gasteiger charge is -2.38. The van der Waals surface area contributed by atoms with Crippen LogP contribution in [0, 0.1) is 23.7 Å². The van der Waals surface area contributed by atoms with Crippen molar-refractivity contribution in [2.45, 2.75) is 12.8 Å². The third-order valence-electron chi connectivity index (χ3n) is 5.85. The molecule has 2 aromatic carbocycles. The highest BCUT2D eigenvalue weighted by Crippen LogP contribution is 2.51. The molecule has 4 aliphatic rings. The Hall–Kier alpha value is -1.94. The third-order valence-corrected chi connectivity index (χ3v) is 6.54. The molecule has 24 heavy (non-hydrogen) atoms. The van der Waals surface area contributed by atoms with Crippen LogP contribution in [0.2, 0.25) is 0 Å². The van der Waals surface area contributed by atoms with Gasteiger partial charge in [-0.25, -0.2) is 4.90 Å². The summed E-state index contributed by atoms with van der Waals surface area (Å²) < 4.78 is 0.972. The zero-order chi connectivity index (χ0) is 16.4. The Morgan fingerprint density at radius 1 is 0.833 bits per heavy atom. The Morgan fingerprint density at radius 2 is 1.42 bits per heavy atom. The predicted molar refractivity (Wildman–Crippen MR) is 96.5 cm³/mol. The highest BCUT2D eigenvalue weighted by molar-refractivity contribution is 9.10. The number of amides is 2. The van der Waals surface area contributed by atoms with E-state index in [0.29, 0.717) is 0 Å². The van der Waals surface area contributed by atoms with Crippen LogP contribution in [0.1, 0.15) is 12.8 Å². The fraction of sp³-hybridized carbons (Fsp3) is 0.300. The first-order chi connectivity index (χ1) is 11.7. The minimum Gasteiger partial charge on any atom is -0.274 e. The van der Waals surface area contributed by atoms with Crippen LogP contribution < -0.4 is 4.90 Å². The SMILES string of the molecule is O=C1C2C3C=CC(CC3)C2C(=O)N1c1ccc(Br)c2ccccc12. The molecule has 4 heteroatoms. The summed E-state index contributed by atoms with van der Waals surface area (Å²) >= 11 is 3.56. The van der Waals surface area contributed by atoms with Gasteiger partial charge in [0.2, 0.25) is 11.8 Å². The smallest absolute Gasteiger partial charge is 0.238 e. The van der Waals surface area contributed by atoms with Gasteiger partial charge in [-0.2, -0.15) is 0 Å². The van der Waals surface area contributed by atoms with Crippen molar-refractivity contribution in [3.05, 3.63) is 53.0 Å². The van der Waals surface area contributed by atoms with Gasteiger partial charge in [-0.1, -0.05) is 52.3 Å². The summed E-state index contributed by atoms with van der Waals surface area (Å²) in [5.41, 5.74) is 0.720. The monoisotopic (exact) mass is 381 g/mol. The Bertz CT molecular complexity index is 887. The van der Waals surface area contributed by atoms with Crippen molar-refractivity contribution in [3.63, 3.8) is 0 Å². The van der Waals surface area contributed by atoms with E-state index in [1.54, 1.807) is 0 Å². The normalized spacial score (nSPS) is 31.1. The number of carbonyl (C=O) groups excluding carboxylic acids is 2. The van der Waals surface area contributed by atoms with E-state index in [1.807, 2.05) is 36.4 Å². The van der Waals surface area contributed by atoms with Gasteiger partial charge in [0.1, 0.15) is 0 Å². The number of nitrogens with zero attached hydrogens (tertiary/aromatic N) is 1. The molecular weight excluding hydrogens is 366 g/mol. The number of hydrogen-bond donors (Lipinski definition) is 0. The Morgan fingerprint density at radius 3 is 2.00 bits per heavy atom. The molecule has 2 bridgehead atoms. The van der Waals surface area contributed by atoms with E-state index in [1.165, 1.54) is 4.90 Å².